The van der Waals surface area contributed by atoms with Crippen LogP contribution in [0.15, 0.2) is 24.3 Å². The number of carbonyl (C=O) groups excluding carboxylic acids is 1. The number of nitrogen functional groups attached to an aromatic ring is 1. The SMILES string of the molecule is CCCCCCCC(=O)N(C)C(C)c1cccc(N)c1. The van der Waals surface area contributed by atoms with Crippen molar-refractivity contribution in [3.8, 4) is 0 Å². The first-order valence-corrected chi connectivity index (χ1v) is 7.67. The van der Waals surface area contributed by atoms with Crippen LogP contribution in [0.1, 0.15) is 64.0 Å². The summed E-state index contributed by atoms with van der Waals surface area (Å²) in [5, 5.41) is 0. The summed E-state index contributed by atoms with van der Waals surface area (Å²) < 4.78 is 0. The second kappa shape index (κ2) is 8.62. The van der Waals surface area contributed by atoms with Gasteiger partial charge >= 0.3 is 0 Å². The smallest absolute Gasteiger partial charge is 0.222 e. The predicted molar refractivity (Wildman–Crippen MR) is 85.4 cm³/mol. The number of hydrogen-bond acceptors (Lipinski definition) is 2. The Morgan fingerprint density at radius 2 is 1.95 bits per heavy atom. The van der Waals surface area contributed by atoms with E-state index in [1.54, 1.807) is 0 Å². The van der Waals surface area contributed by atoms with E-state index < -0.39 is 0 Å². The highest BCUT2D eigenvalue weighted by atomic mass is 16.2. The average Bonchev–Trinajstić information content (AvgIpc) is 2.45. The maximum absolute atomic E-state index is 12.2. The summed E-state index contributed by atoms with van der Waals surface area (Å²) in [5.41, 5.74) is 7.63. The Morgan fingerprint density at radius 1 is 1.25 bits per heavy atom. The Morgan fingerprint density at radius 3 is 2.60 bits per heavy atom. The van der Waals surface area contributed by atoms with Crippen LogP contribution >= 0.6 is 0 Å². The number of nitrogens with two attached hydrogens (primary N) is 1. The highest BCUT2D eigenvalue weighted by Gasteiger charge is 2.16. The first-order valence-electron chi connectivity index (χ1n) is 7.67. The van der Waals surface area contributed by atoms with Gasteiger partial charge < -0.3 is 10.6 Å². The molecule has 0 aromatic heterocycles. The van der Waals surface area contributed by atoms with Gasteiger partial charge in [0.05, 0.1) is 6.04 Å². The minimum Gasteiger partial charge on any atom is -0.399 e. The molecule has 0 bridgehead atoms. The van der Waals surface area contributed by atoms with Crippen molar-refractivity contribution in [2.45, 2.75) is 58.4 Å². The van der Waals surface area contributed by atoms with Gasteiger partial charge in [-0.15, -0.1) is 0 Å². The standard InChI is InChI=1S/C17H28N2O/c1-4-5-6-7-8-12-17(20)19(3)14(2)15-10-9-11-16(18)13-15/h9-11,13-14H,4-8,12,18H2,1-3H3. The molecule has 112 valence electrons. The van der Waals surface area contributed by atoms with Gasteiger partial charge in [0.15, 0.2) is 0 Å². The molecular weight excluding hydrogens is 248 g/mol. The molecule has 1 rings (SSSR count). The lowest BCUT2D eigenvalue weighted by Gasteiger charge is -2.25. The Hall–Kier alpha value is -1.51. The summed E-state index contributed by atoms with van der Waals surface area (Å²) in [6, 6.07) is 7.83. The maximum Gasteiger partial charge on any atom is 0.222 e. The lowest BCUT2D eigenvalue weighted by Crippen LogP contribution is -2.29. The molecule has 3 nitrogen and oxygen atoms in total. The van der Waals surface area contributed by atoms with Gasteiger partial charge in [-0.1, -0.05) is 44.7 Å². The highest BCUT2D eigenvalue weighted by Crippen LogP contribution is 2.21. The molecule has 0 spiro atoms. The van der Waals surface area contributed by atoms with Gasteiger partial charge in [0.25, 0.3) is 0 Å². The number of benzene rings is 1. The molecule has 20 heavy (non-hydrogen) atoms. The van der Waals surface area contributed by atoms with Crippen LogP contribution in [0.4, 0.5) is 5.69 Å². The molecule has 0 saturated carbocycles. The molecule has 3 heteroatoms. The van der Waals surface area contributed by atoms with Crippen molar-refractivity contribution >= 4 is 11.6 Å². The van der Waals surface area contributed by atoms with Gasteiger partial charge in [0.1, 0.15) is 0 Å². The van der Waals surface area contributed by atoms with Gasteiger partial charge in [-0.25, -0.2) is 0 Å². The zero-order valence-electron chi connectivity index (χ0n) is 13.1. The van der Waals surface area contributed by atoms with E-state index in [0.717, 1.165) is 24.1 Å². The van der Waals surface area contributed by atoms with Crippen molar-refractivity contribution in [1.29, 1.82) is 0 Å². The quantitative estimate of drug-likeness (QED) is 0.572. The Kier molecular flexibility index (Phi) is 7.13. The Bertz CT molecular complexity index is 417. The van der Waals surface area contributed by atoms with Crippen LogP contribution in [0.25, 0.3) is 0 Å². The lowest BCUT2D eigenvalue weighted by molar-refractivity contribution is -0.131. The molecular formula is C17H28N2O. The van der Waals surface area contributed by atoms with Crippen LogP contribution in [-0.4, -0.2) is 17.9 Å². The minimum atomic E-state index is 0.0710. The number of unbranched alkanes of at least 4 members (excludes halogenated alkanes) is 4. The fourth-order valence-electron chi connectivity index (χ4n) is 2.31. The molecule has 0 saturated heterocycles. The van der Waals surface area contributed by atoms with Crippen LogP contribution < -0.4 is 5.73 Å². The molecule has 0 radical (unpaired) electrons. The van der Waals surface area contributed by atoms with Gasteiger partial charge in [-0.05, 0) is 31.0 Å². The number of anilines is 1. The molecule has 0 aliphatic heterocycles. The van der Waals surface area contributed by atoms with Gasteiger partial charge in [-0.2, -0.15) is 0 Å². The van der Waals surface area contributed by atoms with E-state index in [2.05, 4.69) is 6.92 Å². The third kappa shape index (κ3) is 5.24. The highest BCUT2D eigenvalue weighted by molar-refractivity contribution is 5.76. The number of hydrogen-bond donors (Lipinski definition) is 1. The van der Waals surface area contributed by atoms with Crippen LogP contribution in [0, 0.1) is 0 Å². The summed E-state index contributed by atoms with van der Waals surface area (Å²) in [6.45, 7) is 4.25. The second-order valence-corrected chi connectivity index (χ2v) is 5.51. The summed E-state index contributed by atoms with van der Waals surface area (Å²) in [4.78, 5) is 14.0. The molecule has 0 aliphatic rings. The molecule has 1 aromatic rings. The Balaban J connectivity index is 2.43. The zero-order chi connectivity index (χ0) is 15.0. The number of carbonyl (C=O) groups is 1. The van der Waals surface area contributed by atoms with Gasteiger partial charge in [0.2, 0.25) is 5.91 Å². The third-order valence-electron chi connectivity index (χ3n) is 3.86. The van der Waals surface area contributed by atoms with Crippen LogP contribution in [0.3, 0.4) is 0 Å². The fourth-order valence-corrected chi connectivity index (χ4v) is 2.31. The normalized spacial score (nSPS) is 12.2. The largest absolute Gasteiger partial charge is 0.399 e. The van der Waals surface area contributed by atoms with Crippen molar-refractivity contribution in [3.63, 3.8) is 0 Å². The summed E-state index contributed by atoms with van der Waals surface area (Å²) in [6.07, 6.45) is 6.53. The molecule has 0 aliphatic carbocycles. The van der Waals surface area contributed by atoms with E-state index in [-0.39, 0.29) is 11.9 Å². The van der Waals surface area contributed by atoms with Crippen molar-refractivity contribution in [1.82, 2.24) is 4.90 Å². The Labute approximate surface area is 123 Å². The number of amides is 1. The lowest BCUT2D eigenvalue weighted by atomic mass is 10.1. The van der Waals surface area contributed by atoms with Gasteiger partial charge in [-0.3, -0.25) is 4.79 Å². The van der Waals surface area contributed by atoms with E-state index in [0.29, 0.717) is 6.42 Å². The molecule has 0 fully saturated rings. The second-order valence-electron chi connectivity index (χ2n) is 5.51. The van der Waals surface area contributed by atoms with E-state index in [1.165, 1.54) is 19.3 Å². The molecule has 1 amide bonds. The first-order chi connectivity index (χ1) is 9.56. The molecule has 2 N–H and O–H groups in total. The zero-order valence-corrected chi connectivity index (χ0v) is 13.1. The van der Waals surface area contributed by atoms with Crippen molar-refractivity contribution in [3.05, 3.63) is 29.8 Å². The predicted octanol–water partition coefficient (Wildman–Crippen LogP) is 4.15. The number of nitrogens with zero attached hydrogens (tertiary/aromatic N) is 1. The van der Waals surface area contributed by atoms with E-state index in [1.807, 2.05) is 43.1 Å². The summed E-state index contributed by atoms with van der Waals surface area (Å²) >= 11 is 0. The maximum atomic E-state index is 12.2. The number of rotatable bonds is 8. The van der Waals surface area contributed by atoms with Crippen molar-refractivity contribution < 1.29 is 4.79 Å². The van der Waals surface area contributed by atoms with Crippen LogP contribution in [0.5, 0.6) is 0 Å². The van der Waals surface area contributed by atoms with Crippen LogP contribution in [-0.2, 0) is 4.79 Å². The average molecular weight is 276 g/mol. The summed E-state index contributed by atoms with van der Waals surface area (Å²) in [5.74, 6) is 0.219. The first kappa shape index (κ1) is 16.5. The molecule has 0 heterocycles. The summed E-state index contributed by atoms with van der Waals surface area (Å²) in [7, 11) is 1.88. The van der Waals surface area contributed by atoms with Crippen LogP contribution in [0.2, 0.25) is 0 Å². The topological polar surface area (TPSA) is 46.3 Å². The molecule has 1 unspecified atom stereocenters. The molecule has 1 aromatic carbocycles. The minimum absolute atomic E-state index is 0.0710. The van der Waals surface area contributed by atoms with Gasteiger partial charge in [0, 0.05) is 19.2 Å². The van der Waals surface area contributed by atoms with E-state index in [4.69, 9.17) is 5.73 Å². The van der Waals surface area contributed by atoms with Crippen molar-refractivity contribution in [2.75, 3.05) is 12.8 Å². The van der Waals surface area contributed by atoms with Crippen molar-refractivity contribution in [2.24, 2.45) is 0 Å². The van der Waals surface area contributed by atoms with E-state index in [9.17, 15) is 4.79 Å². The molecule has 1 atom stereocenters. The van der Waals surface area contributed by atoms with E-state index >= 15 is 0 Å². The third-order valence-corrected chi connectivity index (χ3v) is 3.86. The fraction of sp³-hybridized carbons (Fsp3) is 0.588. The monoisotopic (exact) mass is 276 g/mol.